The second-order valence-corrected chi connectivity index (χ2v) is 6.44. The Kier molecular flexibility index (Phi) is 6.50. The smallest absolute Gasteiger partial charge is 0.250 e. The van der Waals surface area contributed by atoms with Crippen molar-refractivity contribution in [3.05, 3.63) is 17.0 Å². The predicted molar refractivity (Wildman–Crippen MR) is 69.8 cm³/mol. The van der Waals surface area contributed by atoms with Crippen LogP contribution in [0.5, 0.6) is 0 Å². The van der Waals surface area contributed by atoms with Crippen LogP contribution < -0.4 is 10.5 Å². The lowest BCUT2D eigenvalue weighted by Crippen LogP contribution is -2.37. The molecule has 3 N–H and O–H groups in total. The van der Waals surface area contributed by atoms with Crippen LogP contribution in [0.15, 0.2) is 16.3 Å². The molecule has 0 aliphatic carbocycles. The van der Waals surface area contributed by atoms with Gasteiger partial charge in [-0.2, -0.15) is 0 Å². The minimum atomic E-state index is -3.37. The summed E-state index contributed by atoms with van der Waals surface area (Å²) in [6.07, 6.45) is 0.854. The summed E-state index contributed by atoms with van der Waals surface area (Å²) < 4.78 is 26.4. The molecule has 0 saturated heterocycles. The number of halogens is 1. The van der Waals surface area contributed by atoms with Gasteiger partial charge in [-0.05, 0) is 25.5 Å². The maximum absolute atomic E-state index is 11.8. The molecule has 1 aromatic heterocycles. The van der Waals surface area contributed by atoms with Crippen molar-refractivity contribution in [3.8, 4) is 0 Å². The number of nitrogens with two attached hydrogens (primary N) is 1. The van der Waals surface area contributed by atoms with Crippen molar-refractivity contribution in [1.82, 2.24) is 4.72 Å². The van der Waals surface area contributed by atoms with E-state index in [1.165, 1.54) is 11.3 Å². The Morgan fingerprint density at radius 3 is 2.56 bits per heavy atom. The molecule has 7 heteroatoms. The van der Waals surface area contributed by atoms with Gasteiger partial charge in [0.2, 0.25) is 10.0 Å². The third-order valence-electron chi connectivity index (χ3n) is 1.96. The maximum Gasteiger partial charge on any atom is 0.250 e. The summed E-state index contributed by atoms with van der Waals surface area (Å²) >= 11 is 1.30. The fraction of sp³-hybridized carbons (Fsp3) is 0.556. The van der Waals surface area contributed by atoms with Crippen LogP contribution in [-0.2, 0) is 16.4 Å². The Morgan fingerprint density at radius 2 is 2.12 bits per heavy atom. The van der Waals surface area contributed by atoms with Gasteiger partial charge in [0.1, 0.15) is 4.21 Å². The van der Waals surface area contributed by atoms with Crippen LogP contribution in [0, 0.1) is 0 Å². The summed E-state index contributed by atoms with van der Waals surface area (Å²) in [6, 6.07) is 3.24. The molecule has 0 aromatic carbocycles. The lowest BCUT2D eigenvalue weighted by molar-refractivity contribution is 0.564. The maximum atomic E-state index is 11.8. The molecule has 1 heterocycles. The number of rotatable bonds is 5. The molecule has 4 nitrogen and oxygen atoms in total. The summed E-state index contributed by atoms with van der Waals surface area (Å²) in [7, 11) is -3.37. The summed E-state index contributed by atoms with van der Waals surface area (Å²) in [4.78, 5) is 1.07. The van der Waals surface area contributed by atoms with Gasteiger partial charge < -0.3 is 5.73 Å². The van der Waals surface area contributed by atoms with Gasteiger partial charge in [0.15, 0.2) is 0 Å². The van der Waals surface area contributed by atoms with Crippen molar-refractivity contribution in [2.24, 2.45) is 5.73 Å². The quantitative estimate of drug-likeness (QED) is 0.857. The molecule has 0 bridgehead atoms. The van der Waals surface area contributed by atoms with E-state index >= 15 is 0 Å². The van der Waals surface area contributed by atoms with Gasteiger partial charge in [-0.3, -0.25) is 0 Å². The number of hydrogen-bond donors (Lipinski definition) is 2. The van der Waals surface area contributed by atoms with Gasteiger partial charge in [0.05, 0.1) is 0 Å². The summed E-state index contributed by atoms with van der Waals surface area (Å²) in [5.74, 6) is 0. The van der Waals surface area contributed by atoms with Crippen LogP contribution in [0.25, 0.3) is 0 Å². The topological polar surface area (TPSA) is 72.2 Å². The second-order valence-electron chi connectivity index (χ2n) is 3.33. The molecule has 1 aromatic rings. The minimum absolute atomic E-state index is 0. The molecule has 0 amide bonds. The molecule has 0 spiro atoms. The molecule has 0 aliphatic heterocycles. The van der Waals surface area contributed by atoms with E-state index in [0.717, 1.165) is 11.3 Å². The highest BCUT2D eigenvalue weighted by molar-refractivity contribution is 7.91. The average Bonchev–Trinajstić information content (AvgIpc) is 2.65. The first-order valence-corrected chi connectivity index (χ1v) is 7.10. The first kappa shape index (κ1) is 15.9. The fourth-order valence-electron chi connectivity index (χ4n) is 1.06. The second kappa shape index (κ2) is 6.56. The SMILES string of the molecule is CCc1ccc(S(=O)(=O)N[C@@H](C)CN)s1.Cl. The average molecular weight is 285 g/mol. The Hall–Kier alpha value is -0.140. The molecule has 1 rings (SSSR count). The molecule has 94 valence electrons. The summed E-state index contributed by atoms with van der Waals surface area (Å²) in [5.41, 5.74) is 5.37. The zero-order chi connectivity index (χ0) is 11.5. The predicted octanol–water partition coefficient (Wildman–Crippen LogP) is 1.36. The lowest BCUT2D eigenvalue weighted by Gasteiger charge is -2.10. The lowest BCUT2D eigenvalue weighted by atomic mass is 10.4. The molecule has 0 saturated carbocycles. The van der Waals surface area contributed by atoms with Crippen molar-refractivity contribution in [3.63, 3.8) is 0 Å². The van der Waals surface area contributed by atoms with Crippen LogP contribution >= 0.6 is 23.7 Å². The van der Waals surface area contributed by atoms with E-state index < -0.39 is 10.0 Å². The number of nitrogens with one attached hydrogen (secondary N) is 1. The molecule has 16 heavy (non-hydrogen) atoms. The number of aryl methyl sites for hydroxylation is 1. The molecule has 0 fully saturated rings. The molecule has 0 aliphatic rings. The van der Waals surface area contributed by atoms with Crippen LogP contribution in [0.1, 0.15) is 18.7 Å². The van der Waals surface area contributed by atoms with Crippen LogP contribution in [-0.4, -0.2) is 21.0 Å². The number of thiophene rings is 1. The van der Waals surface area contributed by atoms with E-state index in [-0.39, 0.29) is 18.4 Å². The zero-order valence-corrected chi connectivity index (χ0v) is 11.7. The van der Waals surface area contributed by atoms with Crippen molar-refractivity contribution < 1.29 is 8.42 Å². The van der Waals surface area contributed by atoms with E-state index in [1.54, 1.807) is 13.0 Å². The van der Waals surface area contributed by atoms with E-state index in [4.69, 9.17) is 5.73 Å². The molecular formula is C9H17ClN2O2S2. The van der Waals surface area contributed by atoms with Crippen LogP contribution in [0.2, 0.25) is 0 Å². The zero-order valence-electron chi connectivity index (χ0n) is 9.26. The Bertz CT molecular complexity index is 417. The van der Waals surface area contributed by atoms with Gasteiger partial charge in [-0.1, -0.05) is 6.92 Å². The van der Waals surface area contributed by atoms with E-state index in [2.05, 4.69) is 4.72 Å². The molecular weight excluding hydrogens is 268 g/mol. The van der Waals surface area contributed by atoms with Crippen molar-refractivity contribution >= 4 is 33.8 Å². The third kappa shape index (κ3) is 4.03. The van der Waals surface area contributed by atoms with Gasteiger partial charge in [-0.25, -0.2) is 13.1 Å². The highest BCUT2D eigenvalue weighted by Gasteiger charge is 2.18. The number of hydrogen-bond acceptors (Lipinski definition) is 4. The van der Waals surface area contributed by atoms with Crippen molar-refractivity contribution in [1.29, 1.82) is 0 Å². The highest BCUT2D eigenvalue weighted by atomic mass is 35.5. The van der Waals surface area contributed by atoms with E-state index in [9.17, 15) is 8.42 Å². The standard InChI is InChI=1S/C9H16N2O2S2.ClH/c1-3-8-4-5-9(14-8)15(12,13)11-7(2)6-10;/h4-5,7,11H,3,6,10H2,1-2H3;1H/t7-;/m0./s1. The Balaban J connectivity index is 0.00000225. The molecule has 1 atom stereocenters. The van der Waals surface area contributed by atoms with E-state index in [0.29, 0.717) is 10.8 Å². The van der Waals surface area contributed by atoms with Crippen LogP contribution in [0.3, 0.4) is 0 Å². The van der Waals surface area contributed by atoms with Gasteiger partial charge in [-0.15, -0.1) is 23.7 Å². The minimum Gasteiger partial charge on any atom is -0.329 e. The fourth-order valence-corrected chi connectivity index (χ4v) is 3.63. The first-order valence-electron chi connectivity index (χ1n) is 4.80. The Labute approximate surface area is 107 Å². The molecule has 0 unspecified atom stereocenters. The number of sulfonamides is 1. The van der Waals surface area contributed by atoms with Gasteiger partial charge in [0, 0.05) is 17.5 Å². The first-order chi connectivity index (χ1) is 6.99. The van der Waals surface area contributed by atoms with Crippen molar-refractivity contribution in [2.75, 3.05) is 6.54 Å². The molecule has 0 radical (unpaired) electrons. The van der Waals surface area contributed by atoms with Gasteiger partial charge in [0.25, 0.3) is 0 Å². The highest BCUT2D eigenvalue weighted by Crippen LogP contribution is 2.21. The third-order valence-corrected chi connectivity index (χ3v) is 5.27. The van der Waals surface area contributed by atoms with E-state index in [1.807, 2.05) is 13.0 Å². The largest absolute Gasteiger partial charge is 0.329 e. The monoisotopic (exact) mass is 284 g/mol. The van der Waals surface area contributed by atoms with Crippen molar-refractivity contribution in [2.45, 2.75) is 30.5 Å². The van der Waals surface area contributed by atoms with Crippen LogP contribution in [0.4, 0.5) is 0 Å². The Morgan fingerprint density at radius 1 is 1.50 bits per heavy atom. The summed E-state index contributed by atoms with van der Waals surface area (Å²) in [5, 5.41) is 0. The normalized spacial score (nSPS) is 13.2. The summed E-state index contributed by atoms with van der Waals surface area (Å²) in [6.45, 7) is 4.04. The van der Waals surface area contributed by atoms with Gasteiger partial charge >= 0.3 is 0 Å².